The molecule has 0 saturated heterocycles. The molecule has 0 aliphatic rings. The van der Waals surface area contributed by atoms with Crippen LogP contribution in [0.15, 0.2) is 36.4 Å². The minimum atomic E-state index is -0.490. The Balaban J connectivity index is 2.34. The van der Waals surface area contributed by atoms with E-state index >= 15 is 0 Å². The molecule has 20 heavy (non-hydrogen) atoms. The van der Waals surface area contributed by atoms with Gasteiger partial charge in [0.25, 0.3) is 0 Å². The molecule has 0 saturated carbocycles. The molecule has 0 aliphatic heterocycles. The lowest BCUT2D eigenvalue weighted by molar-refractivity contribution is 0.520. The average Bonchev–Trinajstić information content (AvgIpc) is 2.44. The lowest BCUT2D eigenvalue weighted by Crippen LogP contribution is -2.20. The normalized spacial score (nSPS) is 12.4. The summed E-state index contributed by atoms with van der Waals surface area (Å²) in [6, 6.07) is 9.17. The van der Waals surface area contributed by atoms with Crippen LogP contribution in [0.4, 0.5) is 8.78 Å². The van der Waals surface area contributed by atoms with Gasteiger partial charge in [-0.2, -0.15) is 0 Å². The summed E-state index contributed by atoms with van der Waals surface area (Å²) >= 11 is 11.5. The average molecular weight is 316 g/mol. The van der Waals surface area contributed by atoms with E-state index in [1.165, 1.54) is 12.1 Å². The Bertz CT molecular complexity index is 617. The van der Waals surface area contributed by atoms with Gasteiger partial charge < -0.3 is 5.32 Å². The largest absolute Gasteiger partial charge is 0.313 e. The van der Waals surface area contributed by atoms with Gasteiger partial charge in [-0.05, 0) is 31.2 Å². The molecular formula is C15H13Cl2F2N. The monoisotopic (exact) mass is 315 g/mol. The van der Waals surface area contributed by atoms with Gasteiger partial charge in [0, 0.05) is 11.6 Å². The fourth-order valence-electron chi connectivity index (χ4n) is 2.08. The number of likely N-dealkylation sites (N-methyl/N-ethyl adjacent to an activating group) is 1. The molecule has 0 bridgehead atoms. The summed E-state index contributed by atoms with van der Waals surface area (Å²) in [5, 5.41) is 3.08. The molecule has 0 radical (unpaired) electrons. The summed E-state index contributed by atoms with van der Waals surface area (Å²) in [6.07, 6.45) is 0.278. The van der Waals surface area contributed by atoms with Gasteiger partial charge in [0.2, 0.25) is 0 Å². The van der Waals surface area contributed by atoms with Gasteiger partial charge in [-0.15, -0.1) is 0 Å². The lowest BCUT2D eigenvalue weighted by Gasteiger charge is -2.18. The highest BCUT2D eigenvalue weighted by molar-refractivity contribution is 6.31. The Kier molecular flexibility index (Phi) is 4.97. The van der Waals surface area contributed by atoms with Gasteiger partial charge in [-0.3, -0.25) is 0 Å². The molecule has 0 amide bonds. The van der Waals surface area contributed by atoms with E-state index in [1.54, 1.807) is 31.3 Å². The van der Waals surface area contributed by atoms with Crippen molar-refractivity contribution in [2.45, 2.75) is 12.5 Å². The predicted molar refractivity (Wildman–Crippen MR) is 78.3 cm³/mol. The van der Waals surface area contributed by atoms with Gasteiger partial charge in [0.05, 0.1) is 10.0 Å². The van der Waals surface area contributed by atoms with Gasteiger partial charge in [0.1, 0.15) is 11.6 Å². The fourth-order valence-corrected chi connectivity index (χ4v) is 2.46. The topological polar surface area (TPSA) is 12.0 Å². The van der Waals surface area contributed by atoms with Crippen LogP contribution in [-0.2, 0) is 6.42 Å². The van der Waals surface area contributed by atoms with Crippen molar-refractivity contribution in [1.82, 2.24) is 5.32 Å². The van der Waals surface area contributed by atoms with Crippen LogP contribution in [-0.4, -0.2) is 7.05 Å². The number of benzene rings is 2. The second-order valence-corrected chi connectivity index (χ2v) is 5.22. The van der Waals surface area contributed by atoms with Gasteiger partial charge in [0.15, 0.2) is 0 Å². The zero-order valence-corrected chi connectivity index (χ0v) is 12.3. The standard InChI is InChI=1S/C15H13Cl2F2N/c1-20-13(10-5-3-7-12(17)15(10)19)8-9-4-2-6-11(16)14(9)18/h2-7,13,20H,8H2,1H3. The molecule has 1 unspecified atom stereocenters. The Labute approximate surface area is 126 Å². The van der Waals surface area contributed by atoms with E-state index in [0.29, 0.717) is 11.1 Å². The molecule has 0 aliphatic carbocycles. The van der Waals surface area contributed by atoms with Crippen molar-refractivity contribution in [3.63, 3.8) is 0 Å². The van der Waals surface area contributed by atoms with Crippen LogP contribution in [0.5, 0.6) is 0 Å². The first-order valence-electron chi connectivity index (χ1n) is 6.08. The lowest BCUT2D eigenvalue weighted by atomic mass is 9.98. The first-order chi connectivity index (χ1) is 9.54. The van der Waals surface area contributed by atoms with E-state index in [2.05, 4.69) is 5.32 Å². The van der Waals surface area contributed by atoms with Crippen LogP contribution < -0.4 is 5.32 Å². The van der Waals surface area contributed by atoms with Crippen LogP contribution in [0.3, 0.4) is 0 Å². The third-order valence-electron chi connectivity index (χ3n) is 3.16. The maximum atomic E-state index is 14.0. The van der Waals surface area contributed by atoms with Crippen LogP contribution in [0.1, 0.15) is 17.2 Å². The zero-order valence-electron chi connectivity index (χ0n) is 10.8. The van der Waals surface area contributed by atoms with E-state index in [4.69, 9.17) is 23.2 Å². The Morgan fingerprint density at radius 3 is 2.25 bits per heavy atom. The molecule has 0 aromatic heterocycles. The molecule has 0 spiro atoms. The summed E-state index contributed by atoms with van der Waals surface area (Å²) in [5.41, 5.74) is 0.829. The van der Waals surface area contributed by atoms with Crippen LogP contribution in [0.2, 0.25) is 10.0 Å². The number of halogens is 4. The van der Waals surface area contributed by atoms with Crippen molar-refractivity contribution in [1.29, 1.82) is 0 Å². The summed E-state index contributed by atoms with van der Waals surface area (Å²) in [7, 11) is 1.69. The highest BCUT2D eigenvalue weighted by atomic mass is 35.5. The van der Waals surface area contributed by atoms with E-state index in [9.17, 15) is 8.78 Å². The molecule has 2 aromatic rings. The van der Waals surface area contributed by atoms with E-state index in [1.807, 2.05) is 0 Å². The Morgan fingerprint density at radius 2 is 1.60 bits per heavy atom. The molecular weight excluding hydrogens is 303 g/mol. The Morgan fingerprint density at radius 1 is 1.00 bits per heavy atom. The minimum absolute atomic E-state index is 0.0503. The Hall–Kier alpha value is -1.16. The van der Waals surface area contributed by atoms with Gasteiger partial charge in [-0.1, -0.05) is 47.5 Å². The zero-order chi connectivity index (χ0) is 14.7. The maximum absolute atomic E-state index is 14.0. The first kappa shape index (κ1) is 15.2. The molecule has 5 heteroatoms. The van der Waals surface area contributed by atoms with E-state index in [-0.39, 0.29) is 22.5 Å². The SMILES string of the molecule is CNC(Cc1cccc(Cl)c1F)c1cccc(Cl)c1F. The van der Waals surface area contributed by atoms with Crippen molar-refractivity contribution in [2.75, 3.05) is 7.05 Å². The van der Waals surface area contributed by atoms with E-state index in [0.717, 1.165) is 0 Å². The summed E-state index contributed by atoms with van der Waals surface area (Å²) in [4.78, 5) is 0. The van der Waals surface area contributed by atoms with Crippen molar-refractivity contribution in [3.05, 3.63) is 69.2 Å². The molecule has 1 atom stereocenters. The number of hydrogen-bond acceptors (Lipinski definition) is 1. The molecule has 1 N–H and O–H groups in total. The second-order valence-electron chi connectivity index (χ2n) is 4.40. The minimum Gasteiger partial charge on any atom is -0.313 e. The van der Waals surface area contributed by atoms with Crippen molar-refractivity contribution >= 4 is 23.2 Å². The van der Waals surface area contributed by atoms with Crippen molar-refractivity contribution in [2.24, 2.45) is 0 Å². The maximum Gasteiger partial charge on any atom is 0.146 e. The molecule has 106 valence electrons. The van der Waals surface area contributed by atoms with Crippen LogP contribution in [0, 0.1) is 11.6 Å². The summed E-state index contributed by atoms with van der Waals surface area (Å²) < 4.78 is 27.9. The third kappa shape index (κ3) is 3.11. The van der Waals surface area contributed by atoms with Gasteiger partial charge in [-0.25, -0.2) is 8.78 Å². The van der Waals surface area contributed by atoms with Crippen molar-refractivity contribution in [3.8, 4) is 0 Å². The fraction of sp³-hybridized carbons (Fsp3) is 0.200. The number of rotatable bonds is 4. The predicted octanol–water partition coefficient (Wildman–Crippen LogP) is 4.77. The van der Waals surface area contributed by atoms with Crippen LogP contribution in [0.25, 0.3) is 0 Å². The summed E-state index contributed by atoms with van der Waals surface area (Å²) in [5.74, 6) is -0.965. The second kappa shape index (κ2) is 6.53. The molecule has 2 rings (SSSR count). The first-order valence-corrected chi connectivity index (χ1v) is 6.84. The van der Waals surface area contributed by atoms with Gasteiger partial charge >= 0.3 is 0 Å². The number of hydrogen-bond donors (Lipinski definition) is 1. The third-order valence-corrected chi connectivity index (χ3v) is 3.74. The number of nitrogens with one attached hydrogen (secondary N) is 1. The van der Waals surface area contributed by atoms with Crippen LogP contribution >= 0.6 is 23.2 Å². The molecule has 1 nitrogen and oxygen atoms in total. The molecule has 0 fully saturated rings. The highest BCUT2D eigenvalue weighted by Gasteiger charge is 2.18. The summed E-state index contributed by atoms with van der Waals surface area (Å²) in [6.45, 7) is 0. The van der Waals surface area contributed by atoms with Crippen molar-refractivity contribution < 1.29 is 8.78 Å². The van der Waals surface area contributed by atoms with E-state index < -0.39 is 11.6 Å². The molecule has 0 heterocycles. The highest BCUT2D eigenvalue weighted by Crippen LogP contribution is 2.27. The molecule has 2 aromatic carbocycles. The smallest absolute Gasteiger partial charge is 0.146 e. The quantitative estimate of drug-likeness (QED) is 0.856.